The first-order valence-corrected chi connectivity index (χ1v) is 25.9. The van der Waals surface area contributed by atoms with Crippen LogP contribution in [0.2, 0.25) is 0 Å². The first-order valence-electron chi connectivity index (χ1n) is 25.9. The van der Waals surface area contributed by atoms with Crippen molar-refractivity contribution in [2.24, 2.45) is 0 Å². The highest BCUT2D eigenvalue weighted by molar-refractivity contribution is 6.16. The van der Waals surface area contributed by atoms with Crippen molar-refractivity contribution in [3.63, 3.8) is 0 Å². The highest BCUT2D eigenvalue weighted by atomic mass is 15.0. The number of benzene rings is 11. The van der Waals surface area contributed by atoms with Crippen LogP contribution in [0.5, 0.6) is 0 Å². The lowest BCUT2D eigenvalue weighted by Crippen LogP contribution is -2.28. The molecule has 0 saturated carbocycles. The fourth-order valence-corrected chi connectivity index (χ4v) is 15.2. The SMILES string of the molecule is c1ccc(-n2c3ccccc3c3c4c(ccc32)C2c3ccccc3C4c3c2ccc2c3c3ccccc3n2-c2cccc(-n3c4ccccc4c4c5c(ccc43)C3c4ccccc4C5c4ccccc43)c2)cc1. The van der Waals surface area contributed by atoms with E-state index in [1.165, 1.54) is 138 Å². The van der Waals surface area contributed by atoms with Crippen LogP contribution < -0.4 is 0 Å². The monoisotopic (exact) mass is 925 g/mol. The molecule has 14 aromatic rings. The summed E-state index contributed by atoms with van der Waals surface area (Å²) in [5.74, 6) is 0.582. The maximum Gasteiger partial charge on any atom is 0.0544 e. The van der Waals surface area contributed by atoms with E-state index in [2.05, 4.69) is 250 Å². The van der Waals surface area contributed by atoms with Gasteiger partial charge < -0.3 is 13.7 Å². The third-order valence-electron chi connectivity index (χ3n) is 17.8. The molecule has 0 N–H and O–H groups in total. The summed E-state index contributed by atoms with van der Waals surface area (Å²) in [5, 5.41) is 8.01. The predicted octanol–water partition coefficient (Wildman–Crippen LogP) is 17.0. The van der Waals surface area contributed by atoms with E-state index in [-0.39, 0.29) is 23.7 Å². The Labute approximate surface area is 421 Å². The lowest BCUT2D eigenvalue weighted by molar-refractivity contribution is 0.761. The molecule has 6 aliphatic carbocycles. The molecule has 73 heavy (non-hydrogen) atoms. The molecule has 11 aromatic carbocycles. The smallest absolute Gasteiger partial charge is 0.0544 e. The normalized spacial score (nSPS) is 17.6. The fourth-order valence-electron chi connectivity index (χ4n) is 15.2. The zero-order valence-corrected chi connectivity index (χ0v) is 39.7. The van der Waals surface area contributed by atoms with Crippen molar-refractivity contribution in [1.29, 1.82) is 0 Å². The quantitative estimate of drug-likeness (QED) is 0.168. The average molecular weight is 926 g/mol. The van der Waals surface area contributed by atoms with Crippen molar-refractivity contribution in [2.75, 3.05) is 0 Å². The van der Waals surface area contributed by atoms with Gasteiger partial charge in [-0.2, -0.15) is 0 Å². The summed E-state index contributed by atoms with van der Waals surface area (Å²) in [6, 6.07) is 89.9. The fraction of sp³-hybridized carbons (Fsp3) is 0.0571. The third-order valence-corrected chi connectivity index (χ3v) is 17.8. The summed E-state index contributed by atoms with van der Waals surface area (Å²) in [6.07, 6.45) is 0. The van der Waals surface area contributed by atoms with Gasteiger partial charge >= 0.3 is 0 Å². The summed E-state index contributed by atoms with van der Waals surface area (Å²) in [4.78, 5) is 0. The molecular formula is C70H43N3. The van der Waals surface area contributed by atoms with E-state index in [1.807, 2.05) is 0 Å². The van der Waals surface area contributed by atoms with Gasteiger partial charge in [-0.3, -0.25) is 0 Å². The van der Waals surface area contributed by atoms with E-state index in [9.17, 15) is 0 Å². The lowest BCUT2D eigenvalue weighted by Gasteiger charge is -2.43. The van der Waals surface area contributed by atoms with Gasteiger partial charge in [-0.25, -0.2) is 0 Å². The Morgan fingerprint density at radius 1 is 0.205 bits per heavy atom. The van der Waals surface area contributed by atoms with E-state index < -0.39 is 0 Å². The van der Waals surface area contributed by atoms with Gasteiger partial charge in [0.2, 0.25) is 0 Å². The minimum absolute atomic E-state index is 0.0527. The van der Waals surface area contributed by atoms with Crippen LogP contribution in [0.25, 0.3) is 82.5 Å². The molecular weight excluding hydrogens is 883 g/mol. The number of aromatic nitrogens is 3. The van der Waals surface area contributed by atoms with Crippen molar-refractivity contribution in [1.82, 2.24) is 13.7 Å². The van der Waals surface area contributed by atoms with E-state index in [4.69, 9.17) is 0 Å². The van der Waals surface area contributed by atoms with Crippen LogP contribution in [0.3, 0.4) is 0 Å². The van der Waals surface area contributed by atoms with E-state index in [0.717, 1.165) is 11.4 Å². The van der Waals surface area contributed by atoms with Gasteiger partial charge in [0.1, 0.15) is 0 Å². The number of hydrogen-bond donors (Lipinski definition) is 0. The van der Waals surface area contributed by atoms with Crippen molar-refractivity contribution in [2.45, 2.75) is 23.7 Å². The van der Waals surface area contributed by atoms with Crippen LogP contribution in [-0.2, 0) is 0 Å². The molecule has 20 rings (SSSR count). The molecule has 0 saturated heterocycles. The van der Waals surface area contributed by atoms with Gasteiger partial charge in [-0.15, -0.1) is 0 Å². The third kappa shape index (κ3) is 4.72. The number of fused-ring (bicyclic) bond motifs is 9. The number of hydrogen-bond acceptors (Lipinski definition) is 0. The molecule has 2 unspecified atom stereocenters. The molecule has 4 bridgehead atoms. The lowest BCUT2D eigenvalue weighted by atomic mass is 9.59. The second-order valence-electron chi connectivity index (χ2n) is 20.9. The van der Waals surface area contributed by atoms with Crippen molar-refractivity contribution >= 4 is 65.4 Å². The molecule has 3 heteroatoms. The minimum Gasteiger partial charge on any atom is -0.309 e. The Morgan fingerprint density at radius 2 is 0.521 bits per heavy atom. The number of rotatable bonds is 3. The van der Waals surface area contributed by atoms with Crippen LogP contribution in [0, 0.1) is 0 Å². The van der Waals surface area contributed by atoms with E-state index >= 15 is 0 Å². The van der Waals surface area contributed by atoms with Crippen LogP contribution in [-0.4, -0.2) is 13.7 Å². The zero-order valence-electron chi connectivity index (χ0n) is 39.7. The van der Waals surface area contributed by atoms with Gasteiger partial charge in [0, 0.05) is 73.1 Å². The standard InChI is InChI=1S/C70H43N3/c1-2-17-40(18-3-1)71-55-30-13-10-27-49(55)65-58(71)36-34-53-62-45-23-6-9-26-48(45)67(69(53)65)70-54(62)35-38-60-66(70)51-29-12-15-32-57(51)73(60)42-20-16-19-41(39-42)72-56-31-14-11-28-50(56)64-59(72)37-33-52-61-43-21-4-7-24-46(43)63(68(52)64)47-25-8-5-22-44(47)61/h1-39,61-63,67H. The van der Waals surface area contributed by atoms with Gasteiger partial charge in [-0.1, -0.05) is 170 Å². The Balaban J connectivity index is 0.873. The van der Waals surface area contributed by atoms with Crippen LogP contribution in [0.1, 0.15) is 90.4 Å². The highest BCUT2D eigenvalue weighted by Gasteiger charge is 2.45. The first-order chi connectivity index (χ1) is 36.3. The first kappa shape index (κ1) is 38.6. The van der Waals surface area contributed by atoms with Gasteiger partial charge in [0.15, 0.2) is 0 Å². The molecule has 3 aromatic heterocycles. The molecule has 2 atom stereocenters. The van der Waals surface area contributed by atoms with Crippen molar-refractivity contribution in [3.05, 3.63) is 303 Å². The summed E-state index contributed by atoms with van der Waals surface area (Å²) < 4.78 is 7.57. The molecule has 0 spiro atoms. The Bertz CT molecular complexity index is 4720. The van der Waals surface area contributed by atoms with E-state index in [0.29, 0.717) is 0 Å². The van der Waals surface area contributed by atoms with Gasteiger partial charge in [-0.05, 0) is 133 Å². The molecule has 338 valence electrons. The largest absolute Gasteiger partial charge is 0.309 e. The Kier molecular flexibility index (Phi) is 7.30. The molecule has 0 aliphatic heterocycles. The summed E-state index contributed by atoms with van der Waals surface area (Å²) in [7, 11) is 0. The minimum atomic E-state index is 0.0527. The van der Waals surface area contributed by atoms with Crippen LogP contribution >= 0.6 is 0 Å². The summed E-state index contributed by atoms with van der Waals surface area (Å²) >= 11 is 0. The molecule has 0 amide bonds. The second-order valence-corrected chi connectivity index (χ2v) is 20.9. The van der Waals surface area contributed by atoms with Crippen LogP contribution in [0.15, 0.2) is 237 Å². The number of nitrogens with zero attached hydrogens (tertiary/aromatic N) is 3. The molecule has 6 aliphatic rings. The predicted molar refractivity (Wildman–Crippen MR) is 299 cm³/mol. The second kappa shape index (κ2) is 13.8. The number of para-hydroxylation sites is 4. The summed E-state index contributed by atoms with van der Waals surface area (Å²) in [6.45, 7) is 0. The van der Waals surface area contributed by atoms with Crippen molar-refractivity contribution < 1.29 is 0 Å². The average Bonchev–Trinajstić information content (AvgIpc) is 4.11. The Morgan fingerprint density at radius 3 is 0.959 bits per heavy atom. The molecule has 0 radical (unpaired) electrons. The van der Waals surface area contributed by atoms with Crippen LogP contribution in [0.4, 0.5) is 0 Å². The van der Waals surface area contributed by atoms with Gasteiger partial charge in [0.25, 0.3) is 0 Å². The zero-order chi connectivity index (χ0) is 47.2. The highest BCUT2D eigenvalue weighted by Crippen LogP contribution is 2.61. The maximum absolute atomic E-state index is 2.55. The summed E-state index contributed by atoms with van der Waals surface area (Å²) in [5.41, 5.74) is 28.3. The molecule has 3 heterocycles. The van der Waals surface area contributed by atoms with Gasteiger partial charge in [0.05, 0.1) is 33.1 Å². The molecule has 3 nitrogen and oxygen atoms in total. The molecule has 0 fully saturated rings. The van der Waals surface area contributed by atoms with E-state index in [1.54, 1.807) is 0 Å². The topological polar surface area (TPSA) is 14.8 Å². The Hall–Kier alpha value is -9.18. The van der Waals surface area contributed by atoms with Crippen molar-refractivity contribution in [3.8, 4) is 17.1 Å². The maximum atomic E-state index is 2.55.